The number of thiol groups is 1. The fraction of sp³-hybridized carbons (Fsp3) is 0.462. The number of nitrogens with zero attached hydrogens (tertiary/aromatic N) is 1. The minimum Gasteiger partial charge on any atom is -0.372 e. The van der Waals surface area contributed by atoms with Crippen LogP contribution in [0.2, 0.25) is 0 Å². The molecule has 0 radical (unpaired) electrons. The van der Waals surface area contributed by atoms with Gasteiger partial charge in [-0.3, -0.25) is 0 Å². The fourth-order valence-corrected chi connectivity index (χ4v) is 3.24. The molecule has 8 heteroatoms. The highest BCUT2D eigenvalue weighted by molar-refractivity contribution is 7.90. The second-order valence-electron chi connectivity index (χ2n) is 4.94. The van der Waals surface area contributed by atoms with Gasteiger partial charge in [0.15, 0.2) is 0 Å². The van der Waals surface area contributed by atoms with Crippen molar-refractivity contribution in [3.05, 3.63) is 24.3 Å². The molecule has 1 aliphatic heterocycles. The second kappa shape index (κ2) is 6.57. The normalized spacial score (nSPS) is 16.6. The maximum atomic E-state index is 12.0. The number of urea groups is 1. The Kier molecular flexibility index (Phi) is 5.00. The van der Waals surface area contributed by atoms with Gasteiger partial charge in [0.1, 0.15) is 0 Å². The van der Waals surface area contributed by atoms with Crippen LogP contribution < -0.4 is 14.9 Å². The predicted molar refractivity (Wildman–Crippen MR) is 85.2 cm³/mol. The standard InChI is InChI=1S/C13H19N3O3S2/c1-10(20)14-13(17)15-21(18,19)12-6-4-11(5-7-12)16-8-2-3-9-16/h4-7,10,20H,2-3,8-9H2,1H3,(H2,14,15,17). The Labute approximate surface area is 130 Å². The summed E-state index contributed by atoms with van der Waals surface area (Å²) in [6.07, 6.45) is 2.31. The third-order valence-corrected chi connectivity index (χ3v) is 4.66. The molecule has 1 saturated heterocycles. The zero-order chi connectivity index (χ0) is 15.5. The van der Waals surface area contributed by atoms with E-state index in [1.807, 2.05) is 4.72 Å². The molecule has 2 amide bonds. The lowest BCUT2D eigenvalue weighted by atomic mass is 10.3. The van der Waals surface area contributed by atoms with Crippen molar-refractivity contribution in [2.45, 2.75) is 30.0 Å². The number of rotatable bonds is 4. The van der Waals surface area contributed by atoms with Crippen LogP contribution in [0, 0.1) is 0 Å². The highest BCUT2D eigenvalue weighted by Crippen LogP contribution is 2.21. The molecule has 0 bridgehead atoms. The average molecular weight is 329 g/mol. The van der Waals surface area contributed by atoms with E-state index in [0.717, 1.165) is 31.6 Å². The molecule has 1 aromatic rings. The first-order valence-corrected chi connectivity index (χ1v) is 8.75. The number of benzene rings is 1. The van der Waals surface area contributed by atoms with E-state index in [1.54, 1.807) is 19.1 Å². The molecule has 1 unspecified atom stereocenters. The van der Waals surface area contributed by atoms with Crippen molar-refractivity contribution in [1.82, 2.24) is 10.0 Å². The van der Waals surface area contributed by atoms with Crippen molar-refractivity contribution < 1.29 is 13.2 Å². The van der Waals surface area contributed by atoms with Gasteiger partial charge in [-0.1, -0.05) is 0 Å². The highest BCUT2D eigenvalue weighted by atomic mass is 32.2. The van der Waals surface area contributed by atoms with Crippen LogP contribution in [0.15, 0.2) is 29.2 Å². The van der Waals surface area contributed by atoms with Gasteiger partial charge in [-0.25, -0.2) is 17.9 Å². The maximum absolute atomic E-state index is 12.0. The molecule has 6 nitrogen and oxygen atoms in total. The molecule has 1 aliphatic rings. The monoisotopic (exact) mass is 329 g/mol. The van der Waals surface area contributed by atoms with Crippen LogP contribution in [0.4, 0.5) is 10.5 Å². The lowest BCUT2D eigenvalue weighted by molar-refractivity contribution is 0.245. The number of nitrogens with one attached hydrogen (secondary N) is 2. The third kappa shape index (κ3) is 4.28. The Hall–Kier alpha value is -1.41. The molecule has 21 heavy (non-hydrogen) atoms. The molecule has 1 fully saturated rings. The van der Waals surface area contributed by atoms with E-state index in [4.69, 9.17) is 0 Å². The smallest absolute Gasteiger partial charge is 0.329 e. The number of anilines is 1. The molecule has 1 heterocycles. The van der Waals surface area contributed by atoms with Crippen LogP contribution in [-0.2, 0) is 10.0 Å². The molecule has 0 aliphatic carbocycles. The second-order valence-corrected chi connectivity index (χ2v) is 7.40. The summed E-state index contributed by atoms with van der Waals surface area (Å²) < 4.78 is 26.0. The van der Waals surface area contributed by atoms with Crippen molar-refractivity contribution in [2.75, 3.05) is 18.0 Å². The van der Waals surface area contributed by atoms with E-state index in [1.165, 1.54) is 12.1 Å². The van der Waals surface area contributed by atoms with Gasteiger partial charge in [0, 0.05) is 18.8 Å². The molecule has 0 saturated carbocycles. The number of hydrogen-bond donors (Lipinski definition) is 3. The highest BCUT2D eigenvalue weighted by Gasteiger charge is 2.19. The molecule has 116 valence electrons. The maximum Gasteiger partial charge on any atom is 0.329 e. The summed E-state index contributed by atoms with van der Waals surface area (Å²) in [6.45, 7) is 3.61. The molecule has 2 N–H and O–H groups in total. The Morgan fingerprint density at radius 1 is 1.24 bits per heavy atom. The van der Waals surface area contributed by atoms with Crippen molar-refractivity contribution in [2.24, 2.45) is 0 Å². The van der Waals surface area contributed by atoms with E-state index in [9.17, 15) is 13.2 Å². The van der Waals surface area contributed by atoms with Crippen LogP contribution >= 0.6 is 12.6 Å². The summed E-state index contributed by atoms with van der Waals surface area (Å²) in [5.74, 6) is 0. The zero-order valence-electron chi connectivity index (χ0n) is 11.7. The van der Waals surface area contributed by atoms with Gasteiger partial charge in [-0.15, -0.1) is 0 Å². The molecular formula is C13H19N3O3S2. The summed E-state index contributed by atoms with van der Waals surface area (Å²) >= 11 is 3.97. The van der Waals surface area contributed by atoms with Crippen LogP contribution in [0.5, 0.6) is 0 Å². The number of amides is 2. The van der Waals surface area contributed by atoms with E-state index < -0.39 is 21.4 Å². The summed E-state index contributed by atoms with van der Waals surface area (Å²) in [5, 5.41) is 1.92. The van der Waals surface area contributed by atoms with Gasteiger partial charge in [0.2, 0.25) is 0 Å². The minimum atomic E-state index is -3.86. The number of carbonyl (C=O) groups excluding carboxylic acids is 1. The van der Waals surface area contributed by atoms with Crippen molar-refractivity contribution in [3.8, 4) is 0 Å². The summed E-state index contributed by atoms with van der Waals surface area (Å²) in [4.78, 5) is 13.7. The van der Waals surface area contributed by atoms with Gasteiger partial charge in [-0.2, -0.15) is 12.6 Å². The number of hydrogen-bond acceptors (Lipinski definition) is 5. The van der Waals surface area contributed by atoms with Gasteiger partial charge < -0.3 is 10.2 Å². The first-order chi connectivity index (χ1) is 9.88. The lowest BCUT2D eigenvalue weighted by Crippen LogP contribution is -2.41. The van der Waals surface area contributed by atoms with Crippen molar-refractivity contribution >= 4 is 34.4 Å². The fourth-order valence-electron chi connectivity index (χ4n) is 2.21. The van der Waals surface area contributed by atoms with E-state index in [-0.39, 0.29) is 4.90 Å². The molecular weight excluding hydrogens is 310 g/mol. The van der Waals surface area contributed by atoms with Gasteiger partial charge >= 0.3 is 6.03 Å². The van der Waals surface area contributed by atoms with Gasteiger partial charge in [0.25, 0.3) is 10.0 Å². The summed E-state index contributed by atoms with van der Waals surface area (Å²) in [5.41, 5.74) is 1.000. The molecule has 0 spiro atoms. The molecule has 0 aromatic heterocycles. The number of carbonyl (C=O) groups is 1. The van der Waals surface area contributed by atoms with Gasteiger partial charge in [-0.05, 0) is 44.0 Å². The largest absolute Gasteiger partial charge is 0.372 e. The number of sulfonamides is 1. The SMILES string of the molecule is CC(S)NC(=O)NS(=O)(=O)c1ccc(N2CCCC2)cc1. The third-order valence-electron chi connectivity index (χ3n) is 3.19. The van der Waals surface area contributed by atoms with Crippen LogP contribution in [0.1, 0.15) is 19.8 Å². The summed E-state index contributed by atoms with van der Waals surface area (Å²) in [6, 6.07) is 5.75. The summed E-state index contributed by atoms with van der Waals surface area (Å²) in [7, 11) is -3.86. The quantitative estimate of drug-likeness (QED) is 0.578. The molecule has 2 rings (SSSR count). The molecule has 1 atom stereocenters. The van der Waals surface area contributed by atoms with Crippen LogP contribution in [0.25, 0.3) is 0 Å². The molecule has 1 aromatic carbocycles. The topological polar surface area (TPSA) is 78.5 Å². The Bertz CT molecular complexity index is 594. The van der Waals surface area contributed by atoms with E-state index in [2.05, 4.69) is 22.8 Å². The zero-order valence-corrected chi connectivity index (χ0v) is 13.5. The van der Waals surface area contributed by atoms with Crippen molar-refractivity contribution in [3.63, 3.8) is 0 Å². The van der Waals surface area contributed by atoms with Crippen LogP contribution in [-0.4, -0.2) is 32.9 Å². The van der Waals surface area contributed by atoms with Gasteiger partial charge in [0.05, 0.1) is 10.3 Å². The first-order valence-electron chi connectivity index (χ1n) is 6.75. The minimum absolute atomic E-state index is 0.0624. The predicted octanol–water partition coefficient (Wildman–Crippen LogP) is 1.55. The Morgan fingerprint density at radius 2 is 1.81 bits per heavy atom. The lowest BCUT2D eigenvalue weighted by Gasteiger charge is -2.17. The van der Waals surface area contributed by atoms with E-state index >= 15 is 0 Å². The Morgan fingerprint density at radius 3 is 2.33 bits per heavy atom. The Balaban J connectivity index is 2.07. The van der Waals surface area contributed by atoms with E-state index in [0.29, 0.717) is 0 Å². The average Bonchev–Trinajstić information content (AvgIpc) is 2.91. The first kappa shape index (κ1) is 16.0. The van der Waals surface area contributed by atoms with Crippen molar-refractivity contribution in [1.29, 1.82) is 0 Å². The van der Waals surface area contributed by atoms with Crippen LogP contribution in [0.3, 0.4) is 0 Å².